The predicted octanol–water partition coefficient (Wildman–Crippen LogP) is 2.18. The van der Waals surface area contributed by atoms with Crippen molar-refractivity contribution in [1.82, 2.24) is 4.31 Å². The first-order valence-corrected chi connectivity index (χ1v) is 8.69. The molecule has 0 heterocycles. The van der Waals surface area contributed by atoms with Crippen LogP contribution in [0.5, 0.6) is 0 Å². The molecular weight excluding hydrogens is 290 g/mol. The molecule has 0 aliphatic heterocycles. The summed E-state index contributed by atoms with van der Waals surface area (Å²) in [4.78, 5) is 11.1. The molecule has 0 unspecified atom stereocenters. The van der Waals surface area contributed by atoms with Crippen LogP contribution in [0.3, 0.4) is 0 Å². The van der Waals surface area contributed by atoms with Crippen LogP contribution < -0.4 is 0 Å². The normalized spacial score (nSPS) is 11.6. The lowest BCUT2D eigenvalue weighted by Crippen LogP contribution is -2.33. The average molecular weight is 313 g/mol. The van der Waals surface area contributed by atoms with Gasteiger partial charge in [0.05, 0.1) is 12.9 Å². The molecule has 1 aromatic rings. The molecule has 118 valence electrons. The third-order valence-electron chi connectivity index (χ3n) is 3.08. The van der Waals surface area contributed by atoms with Crippen molar-refractivity contribution in [3.8, 4) is 0 Å². The highest BCUT2D eigenvalue weighted by Crippen LogP contribution is 2.12. The van der Waals surface area contributed by atoms with Gasteiger partial charge in [0.1, 0.15) is 0 Å². The van der Waals surface area contributed by atoms with E-state index in [0.717, 1.165) is 12.0 Å². The summed E-state index contributed by atoms with van der Waals surface area (Å²) >= 11 is 0. The first-order valence-electron chi connectivity index (χ1n) is 7.08. The van der Waals surface area contributed by atoms with Crippen LogP contribution in [0, 0.1) is 0 Å². The second-order valence-corrected chi connectivity index (χ2v) is 6.90. The lowest BCUT2D eigenvalue weighted by molar-refractivity contribution is -0.140. The molecule has 1 rings (SSSR count). The highest BCUT2D eigenvalue weighted by atomic mass is 32.2. The van der Waals surface area contributed by atoms with Crippen molar-refractivity contribution in [2.24, 2.45) is 0 Å². The van der Waals surface area contributed by atoms with Crippen molar-refractivity contribution in [2.45, 2.75) is 32.7 Å². The number of rotatable bonds is 9. The molecule has 0 spiro atoms. The van der Waals surface area contributed by atoms with Gasteiger partial charge in [0.15, 0.2) is 0 Å². The molecule has 0 saturated carbocycles. The van der Waals surface area contributed by atoms with Crippen LogP contribution in [0.4, 0.5) is 0 Å². The molecule has 21 heavy (non-hydrogen) atoms. The summed E-state index contributed by atoms with van der Waals surface area (Å²) in [6.45, 7) is 2.80. The van der Waals surface area contributed by atoms with E-state index in [1.54, 1.807) is 0 Å². The summed E-state index contributed by atoms with van der Waals surface area (Å²) in [7, 11) is -2.06. The van der Waals surface area contributed by atoms with Crippen LogP contribution in [0.25, 0.3) is 0 Å². The summed E-state index contributed by atoms with van der Waals surface area (Å²) in [6.07, 6.45) is 1.16. The molecule has 0 amide bonds. The van der Waals surface area contributed by atoms with E-state index in [4.69, 9.17) is 0 Å². The quantitative estimate of drug-likeness (QED) is 0.656. The number of carbonyl (C=O) groups is 1. The Bertz CT molecular complexity index is 528. The summed E-state index contributed by atoms with van der Waals surface area (Å²) in [5.74, 6) is -0.412. The Labute approximate surface area is 127 Å². The molecule has 0 radical (unpaired) electrons. The number of hydrogen-bond acceptors (Lipinski definition) is 4. The maximum Gasteiger partial charge on any atom is 0.305 e. The Balaban J connectivity index is 2.67. The Morgan fingerprint density at radius 1 is 1.24 bits per heavy atom. The van der Waals surface area contributed by atoms with Gasteiger partial charge in [-0.15, -0.1) is 0 Å². The van der Waals surface area contributed by atoms with E-state index in [9.17, 15) is 13.2 Å². The van der Waals surface area contributed by atoms with Gasteiger partial charge >= 0.3 is 5.97 Å². The predicted molar refractivity (Wildman–Crippen MR) is 82.2 cm³/mol. The SMILES string of the molecule is CCCN(Cc1ccccc1)S(=O)(=O)CCCC(=O)OC. The first-order chi connectivity index (χ1) is 9.99. The van der Waals surface area contributed by atoms with Crippen molar-refractivity contribution >= 4 is 16.0 Å². The zero-order valence-corrected chi connectivity index (χ0v) is 13.4. The van der Waals surface area contributed by atoms with E-state index in [1.807, 2.05) is 37.3 Å². The van der Waals surface area contributed by atoms with Crippen LogP contribution in [-0.4, -0.2) is 38.1 Å². The largest absolute Gasteiger partial charge is 0.469 e. The summed E-state index contributed by atoms with van der Waals surface area (Å²) in [5, 5.41) is 0. The Morgan fingerprint density at radius 3 is 2.48 bits per heavy atom. The molecule has 0 saturated heterocycles. The fourth-order valence-electron chi connectivity index (χ4n) is 1.98. The van der Waals surface area contributed by atoms with E-state index in [2.05, 4.69) is 4.74 Å². The van der Waals surface area contributed by atoms with Crippen LogP contribution in [0.1, 0.15) is 31.7 Å². The Hall–Kier alpha value is -1.40. The minimum absolute atomic E-state index is 0.0328. The third kappa shape index (κ3) is 6.27. The van der Waals surface area contributed by atoms with E-state index >= 15 is 0 Å². The molecule has 0 atom stereocenters. The van der Waals surface area contributed by atoms with E-state index in [0.29, 0.717) is 13.1 Å². The van der Waals surface area contributed by atoms with Crippen molar-refractivity contribution in [2.75, 3.05) is 19.4 Å². The maximum absolute atomic E-state index is 12.4. The summed E-state index contributed by atoms with van der Waals surface area (Å²) in [6, 6.07) is 9.50. The van der Waals surface area contributed by atoms with Crippen molar-refractivity contribution < 1.29 is 17.9 Å². The standard InChI is InChI=1S/C15H23NO4S/c1-3-11-16(13-14-8-5-4-6-9-14)21(18,19)12-7-10-15(17)20-2/h4-6,8-9H,3,7,10-13H2,1-2H3. The van der Waals surface area contributed by atoms with Gasteiger partial charge in [-0.2, -0.15) is 4.31 Å². The van der Waals surface area contributed by atoms with Gasteiger partial charge in [0.2, 0.25) is 10.0 Å². The fraction of sp³-hybridized carbons (Fsp3) is 0.533. The van der Waals surface area contributed by atoms with Crippen LogP contribution in [0.2, 0.25) is 0 Å². The van der Waals surface area contributed by atoms with Crippen molar-refractivity contribution in [1.29, 1.82) is 0 Å². The summed E-state index contributed by atoms with van der Waals surface area (Å²) in [5.41, 5.74) is 0.961. The van der Waals surface area contributed by atoms with Gasteiger partial charge in [0, 0.05) is 19.5 Å². The monoisotopic (exact) mass is 313 g/mol. The molecule has 0 aliphatic carbocycles. The van der Waals surface area contributed by atoms with Gasteiger partial charge in [-0.05, 0) is 18.4 Å². The number of esters is 1. The highest BCUT2D eigenvalue weighted by molar-refractivity contribution is 7.89. The highest BCUT2D eigenvalue weighted by Gasteiger charge is 2.21. The molecule has 5 nitrogen and oxygen atoms in total. The number of nitrogens with zero attached hydrogens (tertiary/aromatic N) is 1. The molecule has 0 N–H and O–H groups in total. The number of benzene rings is 1. The van der Waals surface area contributed by atoms with Crippen LogP contribution >= 0.6 is 0 Å². The third-order valence-corrected chi connectivity index (χ3v) is 4.98. The van der Waals surface area contributed by atoms with Gasteiger partial charge in [-0.3, -0.25) is 4.79 Å². The zero-order chi connectivity index (χ0) is 15.7. The van der Waals surface area contributed by atoms with Crippen molar-refractivity contribution in [3.05, 3.63) is 35.9 Å². The van der Waals surface area contributed by atoms with Crippen LogP contribution in [-0.2, 0) is 26.1 Å². The Kier molecular flexibility index (Phi) is 7.39. The molecule has 0 bridgehead atoms. The molecule has 0 aromatic heterocycles. The van der Waals surface area contributed by atoms with E-state index in [1.165, 1.54) is 11.4 Å². The molecule has 1 aromatic carbocycles. The van der Waals surface area contributed by atoms with Gasteiger partial charge < -0.3 is 4.74 Å². The van der Waals surface area contributed by atoms with E-state index in [-0.39, 0.29) is 24.6 Å². The maximum atomic E-state index is 12.4. The average Bonchev–Trinajstić information content (AvgIpc) is 2.47. The number of ether oxygens (including phenoxy) is 1. The smallest absolute Gasteiger partial charge is 0.305 e. The summed E-state index contributed by atoms with van der Waals surface area (Å²) < 4.78 is 30.7. The second-order valence-electron chi connectivity index (χ2n) is 4.81. The topological polar surface area (TPSA) is 63.7 Å². The van der Waals surface area contributed by atoms with Gasteiger partial charge in [0.25, 0.3) is 0 Å². The van der Waals surface area contributed by atoms with Gasteiger partial charge in [-0.1, -0.05) is 37.3 Å². The lowest BCUT2D eigenvalue weighted by atomic mass is 10.2. The minimum Gasteiger partial charge on any atom is -0.469 e. The lowest BCUT2D eigenvalue weighted by Gasteiger charge is -2.21. The Morgan fingerprint density at radius 2 is 1.90 bits per heavy atom. The number of carbonyl (C=O) groups excluding carboxylic acids is 1. The first kappa shape index (κ1) is 17.7. The molecule has 6 heteroatoms. The minimum atomic E-state index is -3.36. The zero-order valence-electron chi connectivity index (χ0n) is 12.6. The fourth-order valence-corrected chi connectivity index (χ4v) is 3.56. The van der Waals surface area contributed by atoms with E-state index < -0.39 is 10.0 Å². The van der Waals surface area contributed by atoms with Crippen LogP contribution in [0.15, 0.2) is 30.3 Å². The number of hydrogen-bond donors (Lipinski definition) is 0. The number of methoxy groups -OCH3 is 1. The number of sulfonamides is 1. The van der Waals surface area contributed by atoms with Gasteiger partial charge in [-0.25, -0.2) is 8.42 Å². The molecular formula is C15H23NO4S. The molecule has 0 fully saturated rings. The molecule has 0 aliphatic rings. The van der Waals surface area contributed by atoms with Crippen molar-refractivity contribution in [3.63, 3.8) is 0 Å². The second kappa shape index (κ2) is 8.79.